The molecule has 1 aromatic carbocycles. The summed E-state index contributed by atoms with van der Waals surface area (Å²) in [6.45, 7) is -0.496. The van der Waals surface area contributed by atoms with Crippen LogP contribution in [-0.4, -0.2) is 46.4 Å². The number of hydrogen-bond donors (Lipinski definition) is 1. The van der Waals surface area contributed by atoms with Crippen molar-refractivity contribution in [3.63, 3.8) is 0 Å². The molecule has 4 nitrogen and oxygen atoms in total. The number of amides is 1. The van der Waals surface area contributed by atoms with E-state index in [1.54, 1.807) is 0 Å². The first-order valence-corrected chi connectivity index (χ1v) is 6.96. The third-order valence-corrected chi connectivity index (χ3v) is 3.94. The SMILES string of the molecule is O=C(c1ccc(SC(F)F)cc1)N1CCC(F)(C(=O)O)C1. The van der Waals surface area contributed by atoms with Gasteiger partial charge in [0.15, 0.2) is 0 Å². The molecule has 1 amide bonds. The van der Waals surface area contributed by atoms with E-state index in [9.17, 15) is 22.8 Å². The molecule has 1 aromatic rings. The average Bonchev–Trinajstić information content (AvgIpc) is 2.82. The van der Waals surface area contributed by atoms with E-state index < -0.39 is 29.8 Å². The summed E-state index contributed by atoms with van der Waals surface area (Å²) < 4.78 is 38.2. The minimum absolute atomic E-state index is 0.00910. The van der Waals surface area contributed by atoms with Gasteiger partial charge in [0.25, 0.3) is 11.7 Å². The first-order valence-electron chi connectivity index (χ1n) is 6.08. The molecule has 0 saturated carbocycles. The van der Waals surface area contributed by atoms with E-state index >= 15 is 0 Å². The lowest BCUT2D eigenvalue weighted by Gasteiger charge is -2.17. The summed E-state index contributed by atoms with van der Waals surface area (Å²) in [6, 6.07) is 5.48. The summed E-state index contributed by atoms with van der Waals surface area (Å²) in [5, 5.41) is 8.78. The quantitative estimate of drug-likeness (QED) is 0.867. The number of rotatable bonds is 4. The number of carboxylic acid groups (broad SMARTS) is 1. The Morgan fingerprint density at radius 1 is 1.29 bits per heavy atom. The van der Waals surface area contributed by atoms with Crippen LogP contribution in [0.15, 0.2) is 29.2 Å². The van der Waals surface area contributed by atoms with Crippen molar-refractivity contribution in [2.45, 2.75) is 22.7 Å². The predicted octanol–water partition coefficient (Wildman–Crippen LogP) is 2.64. The maximum atomic E-state index is 13.9. The Bertz CT molecular complexity index is 552. The molecule has 0 radical (unpaired) electrons. The zero-order valence-electron chi connectivity index (χ0n) is 10.8. The highest BCUT2D eigenvalue weighted by Gasteiger charge is 2.46. The van der Waals surface area contributed by atoms with Crippen molar-refractivity contribution in [2.24, 2.45) is 0 Å². The number of carboxylic acids is 1. The van der Waals surface area contributed by atoms with Gasteiger partial charge in [-0.2, -0.15) is 8.78 Å². The highest BCUT2D eigenvalue weighted by molar-refractivity contribution is 7.99. The van der Waals surface area contributed by atoms with E-state index in [0.717, 1.165) is 4.90 Å². The van der Waals surface area contributed by atoms with Crippen molar-refractivity contribution in [3.05, 3.63) is 29.8 Å². The van der Waals surface area contributed by atoms with Crippen LogP contribution in [0.25, 0.3) is 0 Å². The number of hydrogen-bond acceptors (Lipinski definition) is 3. The summed E-state index contributed by atoms with van der Waals surface area (Å²) in [5.41, 5.74) is -2.20. The largest absolute Gasteiger partial charge is 0.479 e. The Hall–Kier alpha value is -1.70. The second-order valence-electron chi connectivity index (χ2n) is 4.65. The van der Waals surface area contributed by atoms with Gasteiger partial charge in [0.1, 0.15) is 0 Å². The zero-order chi connectivity index (χ0) is 15.6. The first kappa shape index (κ1) is 15.7. The van der Waals surface area contributed by atoms with Gasteiger partial charge in [0, 0.05) is 23.4 Å². The van der Waals surface area contributed by atoms with Crippen molar-refractivity contribution in [1.29, 1.82) is 0 Å². The standard InChI is InChI=1S/C13H12F3NO3S/c14-12(15)21-9-3-1-8(2-4-9)10(18)17-6-5-13(16,7-17)11(19)20/h1-4,12H,5-7H2,(H,19,20). The second-order valence-corrected chi connectivity index (χ2v) is 5.71. The van der Waals surface area contributed by atoms with Gasteiger partial charge in [-0.05, 0) is 24.3 Å². The smallest absolute Gasteiger partial charge is 0.343 e. The van der Waals surface area contributed by atoms with Crippen LogP contribution in [-0.2, 0) is 4.79 Å². The van der Waals surface area contributed by atoms with E-state index in [4.69, 9.17) is 5.11 Å². The van der Waals surface area contributed by atoms with Crippen molar-refractivity contribution in [1.82, 2.24) is 4.90 Å². The van der Waals surface area contributed by atoms with Crippen molar-refractivity contribution < 1.29 is 27.9 Å². The molecule has 2 rings (SSSR count). The molecule has 1 aliphatic heterocycles. The molecule has 1 atom stereocenters. The summed E-state index contributed by atoms with van der Waals surface area (Å²) in [5.74, 6) is -4.64. The number of benzene rings is 1. The molecule has 21 heavy (non-hydrogen) atoms. The third-order valence-electron chi connectivity index (χ3n) is 3.22. The first-order chi connectivity index (χ1) is 9.82. The number of carbonyl (C=O) groups is 2. The van der Waals surface area contributed by atoms with Crippen molar-refractivity contribution in [3.8, 4) is 0 Å². The van der Waals surface area contributed by atoms with Crippen LogP contribution >= 0.6 is 11.8 Å². The van der Waals surface area contributed by atoms with E-state index in [2.05, 4.69) is 0 Å². The number of carbonyl (C=O) groups excluding carboxylic acids is 1. The molecule has 1 N–H and O–H groups in total. The van der Waals surface area contributed by atoms with Gasteiger partial charge in [0.05, 0.1) is 6.54 Å². The number of halogens is 3. The maximum absolute atomic E-state index is 13.9. The molecule has 114 valence electrons. The van der Waals surface area contributed by atoms with Gasteiger partial charge >= 0.3 is 5.97 Å². The fraction of sp³-hybridized carbons (Fsp3) is 0.385. The maximum Gasteiger partial charge on any atom is 0.343 e. The molecule has 0 spiro atoms. The van der Waals surface area contributed by atoms with Crippen molar-refractivity contribution >= 4 is 23.6 Å². The monoisotopic (exact) mass is 319 g/mol. The summed E-state index contributed by atoms with van der Waals surface area (Å²) in [7, 11) is 0. The molecular formula is C13H12F3NO3S. The Kier molecular flexibility index (Phi) is 4.46. The fourth-order valence-electron chi connectivity index (χ4n) is 2.08. The number of thioether (sulfide) groups is 1. The number of nitrogens with zero attached hydrogens (tertiary/aromatic N) is 1. The van der Waals surface area contributed by atoms with Gasteiger partial charge < -0.3 is 10.0 Å². The Morgan fingerprint density at radius 2 is 1.90 bits per heavy atom. The Labute approximate surface area is 122 Å². The lowest BCUT2D eigenvalue weighted by molar-refractivity contribution is -0.149. The molecule has 1 heterocycles. The summed E-state index contributed by atoms with van der Waals surface area (Å²) >= 11 is 0.359. The molecule has 0 aliphatic carbocycles. The predicted molar refractivity (Wildman–Crippen MR) is 70.3 cm³/mol. The summed E-state index contributed by atoms with van der Waals surface area (Å²) in [4.78, 5) is 24.3. The van der Waals surface area contributed by atoms with Crippen LogP contribution in [0.3, 0.4) is 0 Å². The molecular weight excluding hydrogens is 307 g/mol. The second kappa shape index (κ2) is 5.97. The van der Waals surface area contributed by atoms with E-state index in [1.165, 1.54) is 24.3 Å². The topological polar surface area (TPSA) is 57.6 Å². The van der Waals surface area contributed by atoms with E-state index in [0.29, 0.717) is 16.7 Å². The van der Waals surface area contributed by atoms with E-state index in [1.807, 2.05) is 0 Å². The minimum Gasteiger partial charge on any atom is -0.479 e. The molecule has 1 saturated heterocycles. The van der Waals surface area contributed by atoms with Gasteiger partial charge in [-0.15, -0.1) is 0 Å². The molecule has 0 aromatic heterocycles. The fourth-order valence-corrected chi connectivity index (χ4v) is 2.58. The highest BCUT2D eigenvalue weighted by Crippen LogP contribution is 2.28. The van der Waals surface area contributed by atoms with Gasteiger partial charge in [-0.3, -0.25) is 4.79 Å². The van der Waals surface area contributed by atoms with Gasteiger partial charge in [-0.1, -0.05) is 11.8 Å². The Balaban J connectivity index is 2.06. The van der Waals surface area contributed by atoms with Crippen LogP contribution in [0.1, 0.15) is 16.8 Å². The van der Waals surface area contributed by atoms with Crippen LogP contribution in [0.5, 0.6) is 0 Å². The van der Waals surface area contributed by atoms with Crippen LogP contribution in [0.2, 0.25) is 0 Å². The molecule has 1 aliphatic rings. The third kappa shape index (κ3) is 3.49. The highest BCUT2D eigenvalue weighted by atomic mass is 32.2. The molecule has 1 fully saturated rings. The minimum atomic E-state index is -2.55. The number of alkyl halides is 3. The van der Waals surface area contributed by atoms with Crippen LogP contribution < -0.4 is 0 Å². The normalized spacial score (nSPS) is 21.8. The van der Waals surface area contributed by atoms with Crippen molar-refractivity contribution in [2.75, 3.05) is 13.1 Å². The summed E-state index contributed by atoms with van der Waals surface area (Å²) in [6.07, 6.45) is -0.257. The molecule has 8 heteroatoms. The lowest BCUT2D eigenvalue weighted by Crippen LogP contribution is -2.38. The lowest BCUT2D eigenvalue weighted by atomic mass is 10.1. The average molecular weight is 319 g/mol. The molecule has 0 bridgehead atoms. The zero-order valence-corrected chi connectivity index (χ0v) is 11.6. The number of aliphatic carboxylic acids is 1. The Morgan fingerprint density at radius 3 is 2.38 bits per heavy atom. The molecule has 1 unspecified atom stereocenters. The van der Waals surface area contributed by atoms with E-state index in [-0.39, 0.29) is 18.5 Å². The van der Waals surface area contributed by atoms with Crippen LogP contribution in [0, 0.1) is 0 Å². The number of likely N-dealkylation sites (tertiary alicyclic amines) is 1. The van der Waals surface area contributed by atoms with Crippen LogP contribution in [0.4, 0.5) is 13.2 Å². The van der Waals surface area contributed by atoms with Gasteiger partial charge in [-0.25, -0.2) is 9.18 Å². The van der Waals surface area contributed by atoms with Gasteiger partial charge in [0.2, 0.25) is 5.67 Å².